The van der Waals surface area contributed by atoms with Crippen molar-refractivity contribution in [3.05, 3.63) is 35.9 Å². The Morgan fingerprint density at radius 2 is 2.12 bits per heavy atom. The lowest BCUT2D eigenvalue weighted by Crippen LogP contribution is -2.24. The van der Waals surface area contributed by atoms with Gasteiger partial charge in [-0.25, -0.2) is 15.0 Å². The molecule has 0 saturated carbocycles. The highest BCUT2D eigenvalue weighted by Crippen LogP contribution is 2.37. The Morgan fingerprint density at radius 3 is 2.88 bits per heavy atom. The molecule has 1 atom stereocenters. The number of halogens is 1. The third kappa shape index (κ3) is 3.44. The number of aliphatic hydroxyl groups excluding tert-OH is 1. The molecule has 138 valence electrons. The highest BCUT2D eigenvalue weighted by Gasteiger charge is 2.25. The summed E-state index contributed by atoms with van der Waals surface area (Å²) in [5, 5.41) is 9.80. The molecule has 0 aromatic carbocycles. The predicted molar refractivity (Wildman–Crippen MR) is 109 cm³/mol. The minimum absolute atomic E-state index is 0. The number of aliphatic hydroxyl groups is 1. The van der Waals surface area contributed by atoms with Crippen LogP contribution in [0, 0.1) is 5.92 Å². The standard InChI is InChI=1S/C16H17ClN6OS.H2S/c17-13-11(1-3-19-14(13)18)25-12-7-21-16(23-6-4-20-15(12)23)22-5-2-10(8-22)9-24;/h1,3-4,6-7,10,24H,2,5,8-9H2,(H2,18,19);1H2/t10-;/m0./s1. The monoisotopic (exact) mass is 410 g/mol. The summed E-state index contributed by atoms with van der Waals surface area (Å²) < 4.78 is 1.97. The summed E-state index contributed by atoms with van der Waals surface area (Å²) in [6, 6.07) is 1.82. The molecule has 26 heavy (non-hydrogen) atoms. The summed E-state index contributed by atoms with van der Waals surface area (Å²) in [6.07, 6.45) is 8.06. The lowest BCUT2D eigenvalue weighted by atomic mass is 10.1. The lowest BCUT2D eigenvalue weighted by molar-refractivity contribution is 0.238. The van der Waals surface area contributed by atoms with Gasteiger partial charge in [0.15, 0.2) is 5.65 Å². The maximum Gasteiger partial charge on any atom is 0.211 e. The van der Waals surface area contributed by atoms with Gasteiger partial charge in [0.2, 0.25) is 5.95 Å². The molecule has 3 N–H and O–H groups in total. The zero-order valence-electron chi connectivity index (χ0n) is 13.8. The van der Waals surface area contributed by atoms with Crippen molar-refractivity contribution in [3.8, 4) is 0 Å². The number of fused-ring (bicyclic) bond motifs is 1. The number of hydrogen-bond acceptors (Lipinski definition) is 7. The Bertz CT molecular complexity index is 921. The largest absolute Gasteiger partial charge is 0.396 e. The summed E-state index contributed by atoms with van der Waals surface area (Å²) in [7, 11) is 0. The number of hydrogen-bond donors (Lipinski definition) is 2. The molecule has 1 fully saturated rings. The molecule has 4 rings (SSSR count). The van der Waals surface area contributed by atoms with Gasteiger partial charge < -0.3 is 15.7 Å². The Hall–Kier alpha value is -1.68. The summed E-state index contributed by atoms with van der Waals surface area (Å²) in [6.45, 7) is 1.89. The molecule has 0 aliphatic carbocycles. The van der Waals surface area contributed by atoms with Gasteiger partial charge in [-0.3, -0.25) is 4.40 Å². The van der Waals surface area contributed by atoms with E-state index in [-0.39, 0.29) is 20.1 Å². The average Bonchev–Trinajstić information content (AvgIpc) is 3.28. The van der Waals surface area contributed by atoms with Crippen LogP contribution >= 0.6 is 36.9 Å². The van der Waals surface area contributed by atoms with E-state index in [0.717, 1.165) is 40.9 Å². The smallest absolute Gasteiger partial charge is 0.211 e. The average molecular weight is 411 g/mol. The Balaban J connectivity index is 0.00000196. The van der Waals surface area contributed by atoms with Crippen molar-refractivity contribution in [1.82, 2.24) is 19.4 Å². The highest BCUT2D eigenvalue weighted by molar-refractivity contribution is 7.99. The maximum absolute atomic E-state index is 9.36. The first kappa shape index (κ1) is 19.1. The summed E-state index contributed by atoms with van der Waals surface area (Å²) in [4.78, 5) is 17.0. The van der Waals surface area contributed by atoms with Crippen LogP contribution in [0.1, 0.15) is 6.42 Å². The molecule has 7 nitrogen and oxygen atoms in total. The number of nitrogen functional groups attached to an aromatic ring is 1. The van der Waals surface area contributed by atoms with E-state index in [1.54, 1.807) is 12.4 Å². The molecule has 0 amide bonds. The van der Waals surface area contributed by atoms with E-state index >= 15 is 0 Å². The number of nitrogens with zero attached hydrogens (tertiary/aromatic N) is 5. The zero-order chi connectivity index (χ0) is 17.4. The molecule has 3 aromatic heterocycles. The van der Waals surface area contributed by atoms with E-state index in [1.807, 2.05) is 22.9 Å². The third-order valence-corrected chi connectivity index (χ3v) is 5.88. The molecule has 1 aliphatic heterocycles. The van der Waals surface area contributed by atoms with Crippen LogP contribution in [0.15, 0.2) is 40.6 Å². The number of imidazole rings is 1. The van der Waals surface area contributed by atoms with E-state index in [4.69, 9.17) is 17.3 Å². The molecule has 4 heterocycles. The van der Waals surface area contributed by atoms with Gasteiger partial charge in [-0.05, 0) is 12.5 Å². The van der Waals surface area contributed by atoms with Gasteiger partial charge in [-0.2, -0.15) is 13.5 Å². The van der Waals surface area contributed by atoms with Gasteiger partial charge in [-0.1, -0.05) is 23.4 Å². The fraction of sp³-hybridized carbons (Fsp3) is 0.312. The van der Waals surface area contributed by atoms with Crippen LogP contribution < -0.4 is 10.6 Å². The predicted octanol–water partition coefficient (Wildman–Crippen LogP) is 2.44. The molecule has 10 heteroatoms. The van der Waals surface area contributed by atoms with Gasteiger partial charge in [0.25, 0.3) is 0 Å². The molecule has 0 bridgehead atoms. The first-order valence-corrected chi connectivity index (χ1v) is 9.12. The van der Waals surface area contributed by atoms with E-state index in [9.17, 15) is 5.11 Å². The van der Waals surface area contributed by atoms with Crippen LogP contribution in [0.25, 0.3) is 5.65 Å². The number of pyridine rings is 1. The maximum atomic E-state index is 9.36. The van der Waals surface area contributed by atoms with Crippen molar-refractivity contribution in [2.45, 2.75) is 16.2 Å². The minimum Gasteiger partial charge on any atom is -0.396 e. The van der Waals surface area contributed by atoms with Crippen molar-refractivity contribution in [2.24, 2.45) is 5.92 Å². The van der Waals surface area contributed by atoms with Crippen LogP contribution in [0.3, 0.4) is 0 Å². The summed E-state index contributed by atoms with van der Waals surface area (Å²) in [5.74, 6) is 1.45. The van der Waals surface area contributed by atoms with Crippen LogP contribution in [0.5, 0.6) is 0 Å². The third-order valence-electron chi connectivity index (χ3n) is 4.30. The minimum atomic E-state index is 0. The second kappa shape index (κ2) is 7.91. The Kier molecular flexibility index (Phi) is 5.81. The van der Waals surface area contributed by atoms with Gasteiger partial charge >= 0.3 is 0 Å². The molecule has 0 unspecified atom stereocenters. The highest BCUT2D eigenvalue weighted by atomic mass is 35.5. The quantitative estimate of drug-likeness (QED) is 0.682. The Morgan fingerprint density at radius 1 is 1.27 bits per heavy atom. The first-order chi connectivity index (χ1) is 12.2. The second-order valence-corrected chi connectivity index (χ2v) is 7.40. The first-order valence-electron chi connectivity index (χ1n) is 7.93. The molecule has 1 aliphatic rings. The van der Waals surface area contributed by atoms with Gasteiger partial charge in [0.05, 0.1) is 9.92 Å². The van der Waals surface area contributed by atoms with Crippen molar-refractivity contribution in [2.75, 3.05) is 30.3 Å². The summed E-state index contributed by atoms with van der Waals surface area (Å²) >= 11 is 7.71. The number of nitrogens with two attached hydrogens (primary N) is 1. The van der Waals surface area contributed by atoms with Crippen LogP contribution in [-0.4, -0.2) is 44.2 Å². The SMILES string of the molecule is Nc1nccc(Sc2cnc(N3CC[C@H](CO)C3)n3ccnc23)c1Cl.S. The van der Waals surface area contributed by atoms with Crippen molar-refractivity contribution >= 4 is 54.3 Å². The number of rotatable bonds is 4. The number of aromatic nitrogens is 4. The normalized spacial score (nSPS) is 16.8. The summed E-state index contributed by atoms with van der Waals surface area (Å²) in [5.41, 5.74) is 6.59. The molecule has 3 aromatic rings. The van der Waals surface area contributed by atoms with E-state index in [1.165, 1.54) is 11.8 Å². The van der Waals surface area contributed by atoms with Gasteiger partial charge in [-0.15, -0.1) is 0 Å². The lowest BCUT2D eigenvalue weighted by Gasteiger charge is -2.19. The molecule has 1 saturated heterocycles. The molecule has 0 radical (unpaired) electrons. The van der Waals surface area contributed by atoms with Gasteiger partial charge in [0.1, 0.15) is 5.82 Å². The van der Waals surface area contributed by atoms with Gasteiger partial charge in [0, 0.05) is 55.3 Å². The topological polar surface area (TPSA) is 92.6 Å². The van der Waals surface area contributed by atoms with Crippen LogP contribution in [0.2, 0.25) is 5.02 Å². The van der Waals surface area contributed by atoms with Crippen LogP contribution in [-0.2, 0) is 0 Å². The van der Waals surface area contributed by atoms with Crippen molar-refractivity contribution < 1.29 is 5.11 Å². The van der Waals surface area contributed by atoms with Crippen molar-refractivity contribution in [3.63, 3.8) is 0 Å². The second-order valence-electron chi connectivity index (χ2n) is 5.94. The zero-order valence-corrected chi connectivity index (χ0v) is 16.4. The molecular formula is C16H19ClN6OS2. The van der Waals surface area contributed by atoms with E-state index in [2.05, 4.69) is 19.9 Å². The Labute approximate surface area is 167 Å². The van der Waals surface area contributed by atoms with Crippen LogP contribution in [0.4, 0.5) is 11.8 Å². The molecular weight excluding hydrogens is 392 g/mol. The number of anilines is 2. The molecule has 0 spiro atoms. The fourth-order valence-electron chi connectivity index (χ4n) is 2.99. The van der Waals surface area contributed by atoms with E-state index in [0.29, 0.717) is 16.8 Å². The fourth-order valence-corrected chi connectivity index (χ4v) is 4.13. The van der Waals surface area contributed by atoms with Crippen molar-refractivity contribution in [1.29, 1.82) is 0 Å². The van der Waals surface area contributed by atoms with E-state index < -0.39 is 0 Å².